The van der Waals surface area contributed by atoms with Crippen LogP contribution in [-0.2, 0) is 11.2 Å². The van der Waals surface area contributed by atoms with Crippen molar-refractivity contribution in [2.45, 2.75) is 13.3 Å². The van der Waals surface area contributed by atoms with E-state index in [-0.39, 0.29) is 24.0 Å². The molecule has 0 spiro atoms. The summed E-state index contributed by atoms with van der Waals surface area (Å²) in [6.07, 6.45) is 1.80. The van der Waals surface area contributed by atoms with Crippen LogP contribution in [0.5, 0.6) is 0 Å². The molecule has 1 N–H and O–H groups in total. The van der Waals surface area contributed by atoms with Gasteiger partial charge < -0.3 is 5.32 Å². The number of fused-ring (bicyclic) bond motifs is 1. The minimum Gasteiger partial charge on any atom is -0.325 e. The maximum absolute atomic E-state index is 13.0. The molecule has 0 saturated heterocycles. The van der Waals surface area contributed by atoms with E-state index in [1.165, 1.54) is 6.92 Å². The number of aromatic nitrogens is 1. The monoisotopic (exact) mass is 396 g/mol. The van der Waals surface area contributed by atoms with Crippen molar-refractivity contribution in [3.8, 4) is 0 Å². The molecule has 0 aliphatic carbocycles. The number of carbonyl (C=O) groups excluding carboxylic acids is 3. The summed E-state index contributed by atoms with van der Waals surface area (Å²) in [4.78, 5) is 37.5. The minimum absolute atomic E-state index is 0.0851. The number of para-hydroxylation sites is 2. The van der Waals surface area contributed by atoms with E-state index in [4.69, 9.17) is 0 Å². The maximum atomic E-state index is 13.0. The fourth-order valence-electron chi connectivity index (χ4n) is 3.55. The second-order valence-electron chi connectivity index (χ2n) is 7.04. The van der Waals surface area contributed by atoms with Gasteiger partial charge in [-0.1, -0.05) is 48.5 Å². The lowest BCUT2D eigenvalue weighted by atomic mass is 10.1. The molecule has 3 aromatic carbocycles. The molecule has 0 fully saturated rings. The molecule has 0 aliphatic heterocycles. The second-order valence-corrected chi connectivity index (χ2v) is 7.04. The van der Waals surface area contributed by atoms with Crippen LogP contribution >= 0.6 is 0 Å². The normalized spacial score (nSPS) is 10.7. The number of hydrogen-bond donors (Lipinski definition) is 1. The lowest BCUT2D eigenvalue weighted by Crippen LogP contribution is -2.16. The molecule has 0 atom stereocenters. The number of ketones is 1. The van der Waals surface area contributed by atoms with Gasteiger partial charge in [-0.25, -0.2) is 0 Å². The van der Waals surface area contributed by atoms with E-state index < -0.39 is 0 Å². The number of nitrogens with one attached hydrogen (secondary N) is 1. The lowest BCUT2D eigenvalue weighted by molar-refractivity contribution is -0.115. The van der Waals surface area contributed by atoms with Crippen LogP contribution < -0.4 is 5.32 Å². The molecular weight excluding hydrogens is 376 g/mol. The molecular formula is C25H20N2O3. The van der Waals surface area contributed by atoms with Gasteiger partial charge in [0.25, 0.3) is 5.91 Å². The topological polar surface area (TPSA) is 68.2 Å². The first-order chi connectivity index (χ1) is 14.5. The zero-order valence-electron chi connectivity index (χ0n) is 16.5. The lowest BCUT2D eigenvalue weighted by Gasteiger charge is -2.08. The van der Waals surface area contributed by atoms with Gasteiger partial charge in [-0.05, 0) is 42.8 Å². The predicted octanol–water partition coefficient (Wildman–Crippen LogP) is 4.71. The summed E-state index contributed by atoms with van der Waals surface area (Å²) < 4.78 is 1.58. The molecule has 5 nitrogen and oxygen atoms in total. The zero-order valence-corrected chi connectivity index (χ0v) is 16.5. The molecule has 0 saturated carbocycles. The average molecular weight is 396 g/mol. The summed E-state index contributed by atoms with van der Waals surface area (Å²) in [5.41, 5.74) is 3.02. The van der Waals surface area contributed by atoms with E-state index in [0.717, 1.165) is 16.5 Å². The summed E-state index contributed by atoms with van der Waals surface area (Å²) in [5.74, 6) is -0.518. The van der Waals surface area contributed by atoms with Crippen LogP contribution in [0.2, 0.25) is 0 Å². The first kappa shape index (κ1) is 19.3. The Balaban J connectivity index is 1.65. The maximum Gasteiger partial charge on any atom is 0.262 e. The van der Waals surface area contributed by atoms with Crippen LogP contribution in [0.15, 0.2) is 85.1 Å². The third-order valence-corrected chi connectivity index (χ3v) is 4.97. The Bertz CT molecular complexity index is 1260. The Labute approximate surface area is 174 Å². The molecule has 1 amide bonds. The van der Waals surface area contributed by atoms with E-state index >= 15 is 0 Å². The summed E-state index contributed by atoms with van der Waals surface area (Å²) >= 11 is 0. The van der Waals surface area contributed by atoms with Gasteiger partial charge in [0.2, 0.25) is 5.91 Å². The van der Waals surface area contributed by atoms with Gasteiger partial charge in [-0.15, -0.1) is 0 Å². The van der Waals surface area contributed by atoms with Gasteiger partial charge in [-0.3, -0.25) is 19.0 Å². The number of rotatable bonds is 5. The van der Waals surface area contributed by atoms with Gasteiger partial charge >= 0.3 is 0 Å². The van der Waals surface area contributed by atoms with Gasteiger partial charge in [-0.2, -0.15) is 0 Å². The molecule has 1 heterocycles. The Morgan fingerprint density at radius 2 is 1.50 bits per heavy atom. The van der Waals surface area contributed by atoms with Crippen molar-refractivity contribution in [1.29, 1.82) is 0 Å². The Morgan fingerprint density at radius 1 is 0.833 bits per heavy atom. The van der Waals surface area contributed by atoms with E-state index in [1.807, 2.05) is 42.5 Å². The molecule has 0 bridgehead atoms. The third-order valence-electron chi connectivity index (χ3n) is 4.97. The molecule has 0 aliphatic rings. The molecule has 5 heteroatoms. The van der Waals surface area contributed by atoms with Crippen LogP contribution in [0, 0.1) is 0 Å². The van der Waals surface area contributed by atoms with E-state index in [1.54, 1.807) is 47.2 Å². The van der Waals surface area contributed by atoms with Crippen molar-refractivity contribution >= 4 is 34.2 Å². The molecule has 4 rings (SSSR count). The predicted molar refractivity (Wildman–Crippen MR) is 117 cm³/mol. The van der Waals surface area contributed by atoms with Gasteiger partial charge in [0.05, 0.1) is 17.6 Å². The molecule has 30 heavy (non-hydrogen) atoms. The molecule has 0 unspecified atom stereocenters. The van der Waals surface area contributed by atoms with Crippen molar-refractivity contribution in [2.24, 2.45) is 0 Å². The summed E-state index contributed by atoms with van der Waals surface area (Å²) in [6.45, 7) is 1.47. The Morgan fingerprint density at radius 3 is 2.27 bits per heavy atom. The average Bonchev–Trinajstić information content (AvgIpc) is 3.12. The van der Waals surface area contributed by atoms with Crippen molar-refractivity contribution in [1.82, 2.24) is 4.57 Å². The largest absolute Gasteiger partial charge is 0.325 e. The number of carbonyl (C=O) groups is 3. The van der Waals surface area contributed by atoms with Crippen molar-refractivity contribution in [3.05, 3.63) is 102 Å². The van der Waals surface area contributed by atoms with Crippen LogP contribution in [-0.4, -0.2) is 22.2 Å². The summed E-state index contributed by atoms with van der Waals surface area (Å²) in [6, 6.07) is 23.5. The van der Waals surface area contributed by atoms with Gasteiger partial charge in [0, 0.05) is 22.7 Å². The second kappa shape index (κ2) is 8.17. The van der Waals surface area contributed by atoms with Crippen LogP contribution in [0.3, 0.4) is 0 Å². The minimum atomic E-state index is -0.251. The van der Waals surface area contributed by atoms with Crippen LogP contribution in [0.1, 0.15) is 33.2 Å². The van der Waals surface area contributed by atoms with Crippen molar-refractivity contribution in [2.75, 3.05) is 5.32 Å². The first-order valence-corrected chi connectivity index (χ1v) is 9.63. The number of Topliss-reactive ketones (excluding diaryl/α,β-unsaturated/α-hetero) is 1. The Kier molecular flexibility index (Phi) is 5.26. The third kappa shape index (κ3) is 3.78. The van der Waals surface area contributed by atoms with E-state index in [0.29, 0.717) is 16.8 Å². The zero-order chi connectivity index (χ0) is 21.1. The number of benzene rings is 3. The number of amides is 1. The number of anilines is 1. The highest BCUT2D eigenvalue weighted by Gasteiger charge is 2.17. The van der Waals surface area contributed by atoms with E-state index in [2.05, 4.69) is 5.32 Å². The van der Waals surface area contributed by atoms with Crippen molar-refractivity contribution in [3.63, 3.8) is 0 Å². The highest BCUT2D eigenvalue weighted by Crippen LogP contribution is 2.24. The quantitative estimate of drug-likeness (QED) is 0.497. The smallest absolute Gasteiger partial charge is 0.262 e. The van der Waals surface area contributed by atoms with Gasteiger partial charge in [0.1, 0.15) is 0 Å². The SMILES string of the molecule is CC(=O)c1ccccc1NC(=O)Cc1cn(C(=O)c2ccccc2)c2ccccc12. The van der Waals surface area contributed by atoms with Crippen LogP contribution in [0.25, 0.3) is 10.9 Å². The van der Waals surface area contributed by atoms with E-state index in [9.17, 15) is 14.4 Å². The highest BCUT2D eigenvalue weighted by molar-refractivity contribution is 6.06. The molecule has 1 aromatic heterocycles. The standard InChI is InChI=1S/C25H20N2O3/c1-17(28)20-11-5-7-13-22(20)26-24(29)15-19-16-27(23-14-8-6-12-21(19)23)25(30)18-9-3-2-4-10-18/h2-14,16H,15H2,1H3,(H,26,29). The first-order valence-electron chi connectivity index (χ1n) is 9.63. The Hall–Kier alpha value is -3.99. The summed E-state index contributed by atoms with van der Waals surface area (Å²) in [5, 5.41) is 3.67. The van der Waals surface area contributed by atoms with Crippen molar-refractivity contribution < 1.29 is 14.4 Å². The molecule has 0 radical (unpaired) electrons. The number of nitrogens with zero attached hydrogens (tertiary/aromatic N) is 1. The summed E-state index contributed by atoms with van der Waals surface area (Å²) in [7, 11) is 0. The highest BCUT2D eigenvalue weighted by atomic mass is 16.2. The fourth-order valence-corrected chi connectivity index (χ4v) is 3.55. The fraction of sp³-hybridized carbons (Fsp3) is 0.0800. The van der Waals surface area contributed by atoms with Crippen LogP contribution in [0.4, 0.5) is 5.69 Å². The molecule has 148 valence electrons. The number of hydrogen-bond acceptors (Lipinski definition) is 3. The molecule has 4 aromatic rings. The van der Waals surface area contributed by atoms with Gasteiger partial charge in [0.15, 0.2) is 5.78 Å².